The van der Waals surface area contributed by atoms with Crippen molar-refractivity contribution in [1.29, 1.82) is 0 Å². The highest BCUT2D eigenvalue weighted by Crippen LogP contribution is 2.29. The lowest BCUT2D eigenvalue weighted by atomic mass is 10.2. The fraction of sp³-hybridized carbons (Fsp3) is 0.350. The number of carbonyl (C=O) groups excluding carboxylic acids is 1. The summed E-state index contributed by atoms with van der Waals surface area (Å²) in [5, 5.41) is 13.8. The molecule has 156 valence electrons. The van der Waals surface area contributed by atoms with Gasteiger partial charge in [0.1, 0.15) is 23.0 Å². The molecular formula is C20H24FN3O5. The Morgan fingerprint density at radius 1 is 1.24 bits per heavy atom. The Kier molecular flexibility index (Phi) is 7.90. The second-order valence-electron chi connectivity index (χ2n) is 6.44. The predicted octanol–water partition coefficient (Wildman–Crippen LogP) is 3.47. The maximum atomic E-state index is 12.9. The van der Waals surface area contributed by atoms with Gasteiger partial charge in [-0.15, -0.1) is 0 Å². The third-order valence-corrected chi connectivity index (χ3v) is 4.44. The molecule has 2 rings (SSSR count). The van der Waals surface area contributed by atoms with Gasteiger partial charge in [-0.3, -0.25) is 19.8 Å². The smallest absolute Gasteiger partial charge is 0.296 e. The van der Waals surface area contributed by atoms with Crippen LogP contribution in [0.25, 0.3) is 0 Å². The highest BCUT2D eigenvalue weighted by molar-refractivity contribution is 5.96. The van der Waals surface area contributed by atoms with Gasteiger partial charge >= 0.3 is 0 Å². The van der Waals surface area contributed by atoms with Crippen LogP contribution in [-0.2, 0) is 4.79 Å². The molecule has 0 saturated carbocycles. The summed E-state index contributed by atoms with van der Waals surface area (Å²) in [6, 6.07) is 9.49. The van der Waals surface area contributed by atoms with Crippen molar-refractivity contribution in [2.45, 2.75) is 19.4 Å². The molecule has 0 spiro atoms. The topological polar surface area (TPSA) is 93.9 Å². The second-order valence-corrected chi connectivity index (χ2v) is 6.44. The van der Waals surface area contributed by atoms with Crippen LogP contribution in [-0.4, -0.2) is 49.1 Å². The zero-order valence-corrected chi connectivity index (χ0v) is 16.6. The SMILES string of the molecule is COc1ccc(NC(=O)C(C)N(C)CCCOc2ccc(F)cc2)c([N+](=O)[O-])c1. The summed E-state index contributed by atoms with van der Waals surface area (Å²) in [5.41, 5.74) is -0.124. The first-order valence-electron chi connectivity index (χ1n) is 9.03. The molecule has 0 aliphatic heterocycles. The molecule has 29 heavy (non-hydrogen) atoms. The minimum atomic E-state index is -0.570. The molecule has 0 aromatic heterocycles. The molecule has 1 unspecified atom stereocenters. The molecule has 0 aliphatic carbocycles. The summed E-state index contributed by atoms with van der Waals surface area (Å²) >= 11 is 0. The van der Waals surface area contributed by atoms with Crippen LogP contribution in [0.5, 0.6) is 11.5 Å². The monoisotopic (exact) mass is 405 g/mol. The number of anilines is 1. The highest BCUT2D eigenvalue weighted by atomic mass is 19.1. The van der Waals surface area contributed by atoms with Gasteiger partial charge in [0.2, 0.25) is 5.91 Å². The molecule has 2 aromatic rings. The van der Waals surface area contributed by atoms with Gasteiger partial charge in [0, 0.05) is 6.54 Å². The van der Waals surface area contributed by atoms with Crippen molar-refractivity contribution in [2.75, 3.05) is 32.6 Å². The number of hydrogen-bond acceptors (Lipinski definition) is 6. The van der Waals surface area contributed by atoms with Gasteiger partial charge in [0.15, 0.2) is 0 Å². The molecule has 0 fully saturated rings. The van der Waals surface area contributed by atoms with Crippen molar-refractivity contribution in [1.82, 2.24) is 4.90 Å². The van der Waals surface area contributed by atoms with Crippen LogP contribution in [0.1, 0.15) is 13.3 Å². The first-order valence-corrected chi connectivity index (χ1v) is 9.03. The number of nitro benzene ring substituents is 1. The van der Waals surface area contributed by atoms with Gasteiger partial charge in [-0.2, -0.15) is 0 Å². The Hall–Kier alpha value is -3.20. The van der Waals surface area contributed by atoms with Gasteiger partial charge in [0.05, 0.1) is 30.7 Å². The van der Waals surface area contributed by atoms with E-state index in [0.717, 1.165) is 0 Å². The Labute approximate surface area is 168 Å². The minimum absolute atomic E-state index is 0.112. The minimum Gasteiger partial charge on any atom is -0.496 e. The summed E-state index contributed by atoms with van der Waals surface area (Å²) in [6.07, 6.45) is 0.647. The fourth-order valence-electron chi connectivity index (χ4n) is 2.56. The molecule has 9 heteroatoms. The number of ether oxygens (including phenoxy) is 2. The molecule has 1 atom stereocenters. The standard InChI is InChI=1S/C20H24FN3O5/c1-14(23(2)11-4-12-29-16-7-5-15(21)6-8-16)20(25)22-18-10-9-17(28-3)13-19(18)24(26)27/h5-10,13-14H,4,11-12H2,1-3H3,(H,22,25). The maximum Gasteiger partial charge on any atom is 0.296 e. The molecular weight excluding hydrogens is 381 g/mol. The molecule has 8 nitrogen and oxygen atoms in total. The lowest BCUT2D eigenvalue weighted by molar-refractivity contribution is -0.384. The number of nitrogens with zero attached hydrogens (tertiary/aromatic N) is 2. The molecule has 1 amide bonds. The van der Waals surface area contributed by atoms with E-state index in [0.29, 0.717) is 31.1 Å². The van der Waals surface area contributed by atoms with Crippen LogP contribution < -0.4 is 14.8 Å². The Bertz CT molecular complexity index is 845. The Morgan fingerprint density at radius 3 is 2.52 bits per heavy atom. The molecule has 0 heterocycles. The lowest BCUT2D eigenvalue weighted by Crippen LogP contribution is -2.40. The molecule has 0 saturated heterocycles. The van der Waals surface area contributed by atoms with Crippen molar-refractivity contribution in [3.8, 4) is 11.5 Å². The third-order valence-electron chi connectivity index (χ3n) is 4.44. The fourth-order valence-corrected chi connectivity index (χ4v) is 2.56. The van der Waals surface area contributed by atoms with Crippen molar-refractivity contribution < 1.29 is 23.6 Å². The summed E-state index contributed by atoms with van der Waals surface area (Å²) in [6.45, 7) is 2.69. The van der Waals surface area contributed by atoms with Crippen LogP contribution >= 0.6 is 0 Å². The van der Waals surface area contributed by atoms with Crippen LogP contribution in [0.2, 0.25) is 0 Å². The number of nitrogens with one attached hydrogen (secondary N) is 1. The normalized spacial score (nSPS) is 11.8. The van der Waals surface area contributed by atoms with Crippen molar-refractivity contribution in [3.05, 3.63) is 58.4 Å². The molecule has 0 aliphatic rings. The van der Waals surface area contributed by atoms with Crippen LogP contribution in [0.4, 0.5) is 15.8 Å². The number of likely N-dealkylation sites (N-methyl/N-ethyl adjacent to an activating group) is 1. The maximum absolute atomic E-state index is 12.9. The van der Waals surface area contributed by atoms with Crippen molar-refractivity contribution in [3.63, 3.8) is 0 Å². The van der Waals surface area contributed by atoms with Gasteiger partial charge in [-0.25, -0.2) is 4.39 Å². The van der Waals surface area contributed by atoms with E-state index in [1.807, 2.05) is 4.90 Å². The largest absolute Gasteiger partial charge is 0.496 e. The number of methoxy groups -OCH3 is 1. The molecule has 2 aromatic carbocycles. The molecule has 0 radical (unpaired) electrons. The van der Waals surface area contributed by atoms with Crippen molar-refractivity contribution >= 4 is 17.3 Å². The van der Waals surface area contributed by atoms with Gasteiger partial charge < -0.3 is 14.8 Å². The summed E-state index contributed by atoms with van der Waals surface area (Å²) in [4.78, 5) is 25.0. The van der Waals surface area contributed by atoms with Crippen LogP contribution in [0.3, 0.4) is 0 Å². The number of halogens is 1. The zero-order chi connectivity index (χ0) is 21.4. The van der Waals surface area contributed by atoms with E-state index < -0.39 is 11.0 Å². The van der Waals surface area contributed by atoms with Gasteiger partial charge in [-0.05, 0) is 56.8 Å². The molecule has 1 N–H and O–H groups in total. The lowest BCUT2D eigenvalue weighted by Gasteiger charge is -2.23. The van der Waals surface area contributed by atoms with E-state index in [9.17, 15) is 19.3 Å². The second kappa shape index (κ2) is 10.4. The van der Waals surface area contributed by atoms with E-state index in [4.69, 9.17) is 9.47 Å². The first kappa shape index (κ1) is 22.1. The van der Waals surface area contributed by atoms with E-state index in [1.54, 1.807) is 32.2 Å². The van der Waals surface area contributed by atoms with Gasteiger partial charge in [-0.1, -0.05) is 0 Å². The quantitative estimate of drug-likeness (QED) is 0.370. The van der Waals surface area contributed by atoms with Crippen LogP contribution in [0, 0.1) is 15.9 Å². The first-order chi connectivity index (χ1) is 13.8. The number of rotatable bonds is 10. The predicted molar refractivity (Wildman–Crippen MR) is 107 cm³/mol. The summed E-state index contributed by atoms with van der Waals surface area (Å²) in [5.74, 6) is 0.224. The zero-order valence-electron chi connectivity index (χ0n) is 16.6. The summed E-state index contributed by atoms with van der Waals surface area (Å²) in [7, 11) is 3.19. The van der Waals surface area contributed by atoms with Crippen LogP contribution in [0.15, 0.2) is 42.5 Å². The Balaban J connectivity index is 1.85. The number of hydrogen-bond donors (Lipinski definition) is 1. The van der Waals surface area contributed by atoms with E-state index in [2.05, 4.69) is 5.32 Å². The van der Waals surface area contributed by atoms with E-state index in [-0.39, 0.29) is 23.1 Å². The van der Waals surface area contributed by atoms with Gasteiger partial charge in [0.25, 0.3) is 5.69 Å². The van der Waals surface area contributed by atoms with E-state index in [1.165, 1.54) is 31.4 Å². The summed E-state index contributed by atoms with van der Waals surface area (Å²) < 4.78 is 23.4. The number of benzene rings is 2. The number of nitro groups is 1. The number of amides is 1. The average molecular weight is 405 g/mol. The highest BCUT2D eigenvalue weighted by Gasteiger charge is 2.22. The van der Waals surface area contributed by atoms with Crippen molar-refractivity contribution in [2.24, 2.45) is 0 Å². The Morgan fingerprint density at radius 2 is 1.90 bits per heavy atom. The molecule has 0 bridgehead atoms. The third kappa shape index (κ3) is 6.42. The van der Waals surface area contributed by atoms with E-state index >= 15 is 0 Å². The number of carbonyl (C=O) groups is 1. The average Bonchev–Trinajstić information content (AvgIpc) is 2.71.